The number of carbonyl (C=O) groups is 1. The zero-order valence-electron chi connectivity index (χ0n) is 12.5. The molecule has 21 heavy (non-hydrogen) atoms. The lowest BCUT2D eigenvalue weighted by Gasteiger charge is -2.25. The molecular formula is C12H24N2O5S2. The van der Waals surface area contributed by atoms with E-state index in [0.717, 1.165) is 23.4 Å². The second-order valence-corrected chi connectivity index (χ2v) is 9.55. The van der Waals surface area contributed by atoms with Crippen molar-refractivity contribution in [2.75, 3.05) is 30.9 Å². The molecule has 9 heteroatoms. The number of nitrogens with zero attached hydrogens (tertiary/aromatic N) is 1. The van der Waals surface area contributed by atoms with Gasteiger partial charge in [0.2, 0.25) is 15.9 Å². The molecule has 0 bridgehead atoms. The molecule has 1 rings (SSSR count). The molecule has 124 valence electrons. The number of sulfonamides is 1. The van der Waals surface area contributed by atoms with Crippen molar-refractivity contribution in [2.24, 2.45) is 0 Å². The van der Waals surface area contributed by atoms with E-state index in [1.54, 1.807) is 0 Å². The van der Waals surface area contributed by atoms with Crippen LogP contribution in [0.25, 0.3) is 0 Å². The highest BCUT2D eigenvalue weighted by Crippen LogP contribution is 2.20. The van der Waals surface area contributed by atoms with E-state index in [9.17, 15) is 21.6 Å². The van der Waals surface area contributed by atoms with Crippen LogP contribution in [0.5, 0.6) is 0 Å². The molecule has 0 aromatic rings. The first-order valence-electron chi connectivity index (χ1n) is 7.09. The van der Waals surface area contributed by atoms with E-state index in [2.05, 4.69) is 5.32 Å². The fraction of sp³-hybridized carbons (Fsp3) is 0.917. The summed E-state index contributed by atoms with van der Waals surface area (Å²) in [4.78, 5) is 11.6. The molecule has 0 saturated carbocycles. The van der Waals surface area contributed by atoms with Gasteiger partial charge in [-0.05, 0) is 12.8 Å². The van der Waals surface area contributed by atoms with Gasteiger partial charge in [-0.2, -0.15) is 4.31 Å². The minimum Gasteiger partial charge on any atom is -0.356 e. The Kier molecular flexibility index (Phi) is 6.61. The lowest BCUT2D eigenvalue weighted by Crippen LogP contribution is -2.42. The maximum Gasteiger partial charge on any atom is 0.221 e. The van der Waals surface area contributed by atoms with Gasteiger partial charge in [0.05, 0.1) is 17.8 Å². The lowest BCUT2D eigenvalue weighted by molar-refractivity contribution is -0.121. The van der Waals surface area contributed by atoms with Crippen LogP contribution in [0.2, 0.25) is 0 Å². The van der Waals surface area contributed by atoms with Gasteiger partial charge >= 0.3 is 0 Å². The van der Waals surface area contributed by atoms with Gasteiger partial charge in [0.1, 0.15) is 0 Å². The molecule has 7 nitrogen and oxygen atoms in total. The minimum absolute atomic E-state index is 0.00633. The number of rotatable bonds is 8. The van der Waals surface area contributed by atoms with Gasteiger partial charge in [0.25, 0.3) is 0 Å². The minimum atomic E-state index is -3.53. The van der Waals surface area contributed by atoms with Gasteiger partial charge in [0.15, 0.2) is 9.84 Å². The number of unbranched alkanes of at least 4 members (excludes halogenated alkanes) is 1. The Balaban J connectivity index is 2.59. The predicted molar refractivity (Wildman–Crippen MR) is 81.1 cm³/mol. The normalized spacial score (nSPS) is 21.6. The zero-order chi connectivity index (χ0) is 16.1. The first kappa shape index (κ1) is 18.4. The summed E-state index contributed by atoms with van der Waals surface area (Å²) in [5, 5.41) is 2.72. The standard InChI is InChI=1S/C12H24N2O5S2/c1-3-4-7-13-12(15)5-8-14(20(2,16)17)11-6-9-21(18,19)10-11/h11H,3-10H2,1-2H3,(H,13,15). The van der Waals surface area contributed by atoms with Crippen molar-refractivity contribution in [3.63, 3.8) is 0 Å². The molecular weight excluding hydrogens is 316 g/mol. The highest BCUT2D eigenvalue weighted by molar-refractivity contribution is 7.92. The predicted octanol–water partition coefficient (Wildman–Crippen LogP) is -0.258. The summed E-state index contributed by atoms with van der Waals surface area (Å²) in [5.74, 6) is -0.359. The Morgan fingerprint density at radius 1 is 1.38 bits per heavy atom. The van der Waals surface area contributed by atoms with Gasteiger partial charge in [-0.25, -0.2) is 16.8 Å². The highest BCUT2D eigenvalue weighted by Gasteiger charge is 2.36. The van der Waals surface area contributed by atoms with Crippen LogP contribution in [0.4, 0.5) is 0 Å². The van der Waals surface area contributed by atoms with Crippen molar-refractivity contribution in [3.05, 3.63) is 0 Å². The Morgan fingerprint density at radius 3 is 2.52 bits per heavy atom. The van der Waals surface area contributed by atoms with Crippen LogP contribution < -0.4 is 5.32 Å². The van der Waals surface area contributed by atoms with Crippen molar-refractivity contribution in [3.8, 4) is 0 Å². The SMILES string of the molecule is CCCCNC(=O)CCN(C1CCS(=O)(=O)C1)S(C)(=O)=O. The molecule has 1 aliphatic rings. The third-order valence-corrected chi connectivity index (χ3v) is 6.54. The number of nitrogens with one attached hydrogen (secondary N) is 1. The largest absolute Gasteiger partial charge is 0.356 e. The van der Waals surface area contributed by atoms with Crippen molar-refractivity contribution in [1.82, 2.24) is 9.62 Å². The van der Waals surface area contributed by atoms with Crippen LogP contribution in [0.15, 0.2) is 0 Å². The summed E-state index contributed by atoms with van der Waals surface area (Å²) in [7, 11) is -6.69. The van der Waals surface area contributed by atoms with E-state index < -0.39 is 25.9 Å². The van der Waals surface area contributed by atoms with Gasteiger partial charge < -0.3 is 5.32 Å². The fourth-order valence-electron chi connectivity index (χ4n) is 2.33. The van der Waals surface area contributed by atoms with Crippen LogP contribution in [-0.4, -0.2) is 63.9 Å². The zero-order valence-corrected chi connectivity index (χ0v) is 14.2. The number of hydrogen-bond acceptors (Lipinski definition) is 5. The molecule has 0 aromatic heterocycles. The Labute approximate surface area is 127 Å². The quantitative estimate of drug-likeness (QED) is 0.614. The van der Waals surface area contributed by atoms with E-state index in [1.165, 1.54) is 0 Å². The molecule has 0 spiro atoms. The monoisotopic (exact) mass is 340 g/mol. The molecule has 0 aromatic carbocycles. The molecule has 1 fully saturated rings. The summed E-state index contributed by atoms with van der Waals surface area (Å²) in [5.41, 5.74) is 0. The maximum absolute atomic E-state index is 11.8. The number of amides is 1. The first-order chi connectivity index (χ1) is 9.65. The van der Waals surface area contributed by atoms with Gasteiger partial charge in [-0.15, -0.1) is 0 Å². The van der Waals surface area contributed by atoms with Crippen LogP contribution in [0, 0.1) is 0 Å². The van der Waals surface area contributed by atoms with E-state index in [-0.39, 0.29) is 30.4 Å². The van der Waals surface area contributed by atoms with Gasteiger partial charge in [-0.1, -0.05) is 13.3 Å². The first-order valence-corrected chi connectivity index (χ1v) is 10.8. The second kappa shape index (κ2) is 7.55. The second-order valence-electron chi connectivity index (χ2n) is 5.38. The number of sulfone groups is 1. The molecule has 1 amide bonds. The van der Waals surface area contributed by atoms with Crippen molar-refractivity contribution in [1.29, 1.82) is 0 Å². The molecule has 1 atom stereocenters. The molecule has 0 radical (unpaired) electrons. The average molecular weight is 340 g/mol. The fourth-order valence-corrected chi connectivity index (χ4v) is 5.30. The van der Waals surface area contributed by atoms with E-state index in [0.29, 0.717) is 13.0 Å². The molecule has 1 aliphatic heterocycles. The summed E-state index contributed by atoms with van der Waals surface area (Å²) >= 11 is 0. The Hall–Kier alpha value is -0.670. The van der Waals surface area contributed by atoms with Gasteiger partial charge in [0, 0.05) is 25.6 Å². The van der Waals surface area contributed by atoms with Gasteiger partial charge in [-0.3, -0.25) is 4.79 Å². The van der Waals surface area contributed by atoms with Crippen LogP contribution in [0.3, 0.4) is 0 Å². The number of carbonyl (C=O) groups excluding carboxylic acids is 1. The lowest BCUT2D eigenvalue weighted by atomic mass is 10.2. The average Bonchev–Trinajstić information content (AvgIpc) is 2.68. The van der Waals surface area contributed by atoms with E-state index in [1.807, 2.05) is 6.92 Å². The Morgan fingerprint density at radius 2 is 2.05 bits per heavy atom. The topological polar surface area (TPSA) is 101 Å². The summed E-state index contributed by atoms with van der Waals surface area (Å²) in [6.07, 6.45) is 3.24. The van der Waals surface area contributed by atoms with Crippen LogP contribution in [0.1, 0.15) is 32.6 Å². The Bertz CT molecular complexity index is 556. The molecule has 1 heterocycles. The van der Waals surface area contributed by atoms with E-state index >= 15 is 0 Å². The number of hydrogen-bond donors (Lipinski definition) is 1. The highest BCUT2D eigenvalue weighted by atomic mass is 32.2. The van der Waals surface area contributed by atoms with Crippen LogP contribution >= 0.6 is 0 Å². The van der Waals surface area contributed by atoms with Crippen molar-refractivity contribution in [2.45, 2.75) is 38.6 Å². The smallest absolute Gasteiger partial charge is 0.221 e. The summed E-state index contributed by atoms with van der Waals surface area (Å²) in [6, 6.07) is -0.548. The molecule has 1 N–H and O–H groups in total. The third kappa shape index (κ3) is 6.31. The van der Waals surface area contributed by atoms with E-state index in [4.69, 9.17) is 0 Å². The molecule has 0 aliphatic carbocycles. The van der Waals surface area contributed by atoms with Crippen molar-refractivity contribution >= 4 is 25.8 Å². The third-order valence-electron chi connectivity index (χ3n) is 3.45. The molecule has 1 unspecified atom stereocenters. The summed E-state index contributed by atoms with van der Waals surface area (Å²) < 4.78 is 47.7. The molecule has 1 saturated heterocycles. The summed E-state index contributed by atoms with van der Waals surface area (Å²) in [6.45, 7) is 2.61. The van der Waals surface area contributed by atoms with Crippen molar-refractivity contribution < 1.29 is 21.6 Å². The van der Waals surface area contributed by atoms with Crippen LogP contribution in [-0.2, 0) is 24.7 Å². The maximum atomic E-state index is 11.8.